The molecule has 0 bridgehead atoms. The average Bonchev–Trinajstić information content (AvgIpc) is 3.42. The van der Waals surface area contributed by atoms with Gasteiger partial charge in [-0.15, -0.1) is 0 Å². The first-order valence-corrected chi connectivity index (χ1v) is 25.4. The molecule has 13 heteroatoms. The second-order valence-electron chi connectivity index (χ2n) is 15.6. The summed E-state index contributed by atoms with van der Waals surface area (Å²) in [5, 5.41) is 18.7. The minimum Gasteiger partial charge on any atom is -0.508 e. The summed E-state index contributed by atoms with van der Waals surface area (Å²) in [6, 6.07) is 59.6. The highest BCUT2D eigenvalue weighted by atomic mass is 79.9. The minimum absolute atomic E-state index is 0.149. The Morgan fingerprint density at radius 3 is 1.21 bits per heavy atom. The highest BCUT2D eigenvalue weighted by Gasteiger charge is 2.13. The van der Waals surface area contributed by atoms with Gasteiger partial charge in [0.25, 0.3) is 0 Å². The summed E-state index contributed by atoms with van der Waals surface area (Å²) >= 11 is 9.98. The Morgan fingerprint density at radius 1 is 0.493 bits per heavy atom. The van der Waals surface area contributed by atoms with Crippen molar-refractivity contribution in [1.29, 1.82) is 0 Å². The van der Waals surface area contributed by atoms with Crippen LogP contribution in [0.15, 0.2) is 221 Å². The summed E-state index contributed by atoms with van der Waals surface area (Å²) in [7, 11) is 4.07. The molecule has 384 valence electrons. The predicted molar refractivity (Wildman–Crippen MR) is 302 cm³/mol. The van der Waals surface area contributed by atoms with Gasteiger partial charge in [0.15, 0.2) is 0 Å². The summed E-state index contributed by atoms with van der Waals surface area (Å²) in [6.45, 7) is 11.6. The van der Waals surface area contributed by atoms with E-state index in [1.165, 1.54) is 32.5 Å². The molecule has 0 fully saturated rings. The summed E-state index contributed by atoms with van der Waals surface area (Å²) in [4.78, 5) is 32.6. The second kappa shape index (κ2) is 36.9. The van der Waals surface area contributed by atoms with Gasteiger partial charge in [-0.05, 0) is 114 Å². The molecular formula is C60H63Br3O10. The van der Waals surface area contributed by atoms with E-state index in [-0.39, 0.29) is 29.6 Å². The summed E-state index contributed by atoms with van der Waals surface area (Å²) in [5.74, 6) is 1.14. The number of benzene rings is 7. The lowest BCUT2D eigenvalue weighted by atomic mass is 10.0. The van der Waals surface area contributed by atoms with Crippen LogP contribution in [-0.2, 0) is 60.0 Å². The van der Waals surface area contributed by atoms with Crippen LogP contribution in [0.25, 0.3) is 0 Å². The molecule has 0 saturated carbocycles. The largest absolute Gasteiger partial charge is 0.508 e. The maximum absolute atomic E-state index is 11.3. The predicted octanol–water partition coefficient (Wildman–Crippen LogP) is 14.8. The van der Waals surface area contributed by atoms with E-state index in [0.29, 0.717) is 43.0 Å². The fraction of sp³-hybridized carbons (Fsp3) is 0.183. The van der Waals surface area contributed by atoms with Crippen LogP contribution in [0.2, 0.25) is 0 Å². The number of hydrogen-bond acceptors (Lipinski definition) is 10. The molecule has 2 N–H and O–H groups in total. The molecule has 0 spiro atoms. The lowest BCUT2D eigenvalue weighted by Crippen LogP contribution is -2.14. The molecule has 7 aromatic carbocycles. The third-order valence-electron chi connectivity index (χ3n) is 9.56. The maximum atomic E-state index is 11.3. The van der Waals surface area contributed by atoms with Crippen LogP contribution in [-0.4, -0.2) is 49.5 Å². The maximum Gasteiger partial charge on any atom is 0.333 e. The van der Waals surface area contributed by atoms with Crippen LogP contribution in [0.4, 0.5) is 0 Å². The van der Waals surface area contributed by atoms with Crippen molar-refractivity contribution >= 4 is 65.7 Å². The van der Waals surface area contributed by atoms with Crippen LogP contribution in [0.1, 0.15) is 41.7 Å². The van der Waals surface area contributed by atoms with Crippen molar-refractivity contribution in [3.63, 3.8) is 0 Å². The zero-order valence-corrected chi connectivity index (χ0v) is 46.5. The Hall–Kier alpha value is -6.93. The fourth-order valence-electron chi connectivity index (χ4n) is 5.63. The molecule has 0 aliphatic heterocycles. The number of rotatable bonds is 14. The Kier molecular flexibility index (Phi) is 31.4. The van der Waals surface area contributed by atoms with E-state index in [1.807, 2.05) is 122 Å². The van der Waals surface area contributed by atoms with E-state index >= 15 is 0 Å². The Balaban J connectivity index is 0.000000314. The first-order valence-electron chi connectivity index (χ1n) is 22.6. The molecule has 0 heterocycles. The number of alkyl halides is 1. The summed E-state index contributed by atoms with van der Waals surface area (Å²) < 4.78 is 26.9. The first-order chi connectivity index (χ1) is 35.1. The number of ether oxygens (including phenoxy) is 5. The van der Waals surface area contributed by atoms with E-state index < -0.39 is 0 Å². The number of carbonyl (C=O) groups excluding carboxylic acids is 3. The molecule has 0 aliphatic carbocycles. The topological polar surface area (TPSA) is 138 Å². The summed E-state index contributed by atoms with van der Waals surface area (Å²) in [5.41, 5.74) is 6.52. The molecule has 0 amide bonds. The standard InChI is InChI=1S/C18H18O3.C13H11BrO.C11H14O3.C7H7Br.C6H5BrO.C5H8O2/c1-14(18(19)20-2)12-15-8-10-17(11-9-15)21-13-16-6-4-3-5-7-16;14-12-6-8-13(9-7-12)15-10-11-4-2-1-3-5-11;1-8(11(13)14-2)7-9-3-5-10(12)6-4-9;8-6-7-4-2-1-3-5-7;7-5-1-3-6(8)4-2-5;1-4(2)5(6)7-3/h3-11H,1,12-13H2,2H3;1-9H,10H2;3-6,8,12H,7H2,1-2H3;1-5H,6H2;1-4,8H;1H2,2-3H3. The van der Waals surface area contributed by atoms with Gasteiger partial charge in [-0.3, -0.25) is 4.79 Å². The van der Waals surface area contributed by atoms with Crippen molar-refractivity contribution in [1.82, 2.24) is 0 Å². The number of phenolic OH excluding ortho intramolecular Hbond substituents is 2. The van der Waals surface area contributed by atoms with E-state index in [0.717, 1.165) is 42.5 Å². The molecule has 1 unspecified atom stereocenters. The second-order valence-corrected chi connectivity index (χ2v) is 18.0. The molecule has 0 radical (unpaired) electrons. The van der Waals surface area contributed by atoms with Crippen molar-refractivity contribution in [2.75, 3.05) is 21.3 Å². The van der Waals surface area contributed by atoms with Gasteiger partial charge in [-0.1, -0.05) is 183 Å². The van der Waals surface area contributed by atoms with Crippen molar-refractivity contribution in [2.45, 2.75) is 45.2 Å². The van der Waals surface area contributed by atoms with Gasteiger partial charge in [-0.25, -0.2) is 9.59 Å². The summed E-state index contributed by atoms with van der Waals surface area (Å²) in [6.07, 6.45) is 1.11. The molecule has 7 rings (SSSR count). The zero-order valence-electron chi connectivity index (χ0n) is 41.7. The lowest BCUT2D eigenvalue weighted by molar-refractivity contribution is -0.144. The Morgan fingerprint density at radius 2 is 0.863 bits per heavy atom. The van der Waals surface area contributed by atoms with Crippen molar-refractivity contribution in [3.8, 4) is 23.0 Å². The van der Waals surface area contributed by atoms with Gasteiger partial charge in [-0.2, -0.15) is 0 Å². The van der Waals surface area contributed by atoms with Gasteiger partial charge in [0.05, 0.1) is 27.2 Å². The van der Waals surface area contributed by atoms with Gasteiger partial charge in [0.1, 0.15) is 36.2 Å². The third-order valence-corrected chi connectivity index (χ3v) is 11.3. The molecule has 10 nitrogen and oxygen atoms in total. The molecular weight excluding hydrogens is 1120 g/mol. The molecule has 0 aromatic heterocycles. The molecule has 0 saturated heterocycles. The quantitative estimate of drug-likeness (QED) is 0.0468. The number of esters is 3. The molecule has 0 aliphatic rings. The highest BCUT2D eigenvalue weighted by molar-refractivity contribution is 9.10. The van der Waals surface area contributed by atoms with Crippen LogP contribution >= 0.6 is 47.8 Å². The number of hydrogen-bond donors (Lipinski definition) is 2. The van der Waals surface area contributed by atoms with Gasteiger partial charge < -0.3 is 33.9 Å². The van der Waals surface area contributed by atoms with E-state index in [1.54, 1.807) is 55.5 Å². The zero-order chi connectivity index (χ0) is 53.8. The Bertz CT molecular complexity index is 2610. The van der Waals surface area contributed by atoms with E-state index in [9.17, 15) is 14.4 Å². The number of phenols is 2. The lowest BCUT2D eigenvalue weighted by Gasteiger charge is -2.08. The van der Waals surface area contributed by atoms with Gasteiger partial charge >= 0.3 is 17.9 Å². The molecule has 73 heavy (non-hydrogen) atoms. The van der Waals surface area contributed by atoms with Crippen molar-refractivity contribution < 1.29 is 48.3 Å². The number of halogens is 3. The Labute approximate surface area is 455 Å². The SMILES string of the molecule is BrCc1ccccc1.Brc1ccc(OCc2ccccc2)cc1.C=C(C)C(=O)OC.C=C(Cc1ccc(OCc2ccccc2)cc1)C(=O)OC.COC(=O)C(C)Cc1ccc(O)cc1.Oc1ccc(Br)cc1. The van der Waals surface area contributed by atoms with Crippen LogP contribution in [0.5, 0.6) is 23.0 Å². The third kappa shape index (κ3) is 28.6. The van der Waals surface area contributed by atoms with Crippen molar-refractivity contribution in [3.05, 3.63) is 249 Å². The fourth-order valence-corrected chi connectivity index (χ4v) is 6.53. The van der Waals surface area contributed by atoms with Crippen molar-refractivity contribution in [2.24, 2.45) is 5.92 Å². The van der Waals surface area contributed by atoms with Crippen LogP contribution in [0.3, 0.4) is 0 Å². The average molecular weight is 1180 g/mol. The molecule has 7 aromatic rings. The van der Waals surface area contributed by atoms with Crippen LogP contribution < -0.4 is 9.47 Å². The molecule has 1 atom stereocenters. The highest BCUT2D eigenvalue weighted by Crippen LogP contribution is 2.19. The monoisotopic (exact) mass is 1180 g/mol. The first kappa shape index (κ1) is 62.2. The van der Waals surface area contributed by atoms with Gasteiger partial charge in [0, 0.05) is 31.8 Å². The number of carbonyl (C=O) groups is 3. The van der Waals surface area contributed by atoms with E-state index in [4.69, 9.17) is 19.7 Å². The normalized spacial score (nSPS) is 9.97. The minimum atomic E-state index is -0.376. The van der Waals surface area contributed by atoms with Gasteiger partial charge in [0.2, 0.25) is 0 Å². The van der Waals surface area contributed by atoms with Crippen LogP contribution in [0, 0.1) is 5.92 Å². The number of methoxy groups -OCH3 is 3. The smallest absolute Gasteiger partial charge is 0.333 e. The van der Waals surface area contributed by atoms with E-state index in [2.05, 4.69) is 99.4 Å². The number of aromatic hydroxyl groups is 2.